The Kier molecular flexibility index (Phi) is 5.83. The predicted molar refractivity (Wildman–Crippen MR) is 113 cm³/mol. The lowest BCUT2D eigenvalue weighted by atomic mass is 10.0. The van der Waals surface area contributed by atoms with Gasteiger partial charge in [-0.05, 0) is 18.6 Å². The van der Waals surface area contributed by atoms with Crippen LogP contribution < -0.4 is 15.6 Å². The van der Waals surface area contributed by atoms with Gasteiger partial charge in [-0.2, -0.15) is 0 Å². The fourth-order valence-electron chi connectivity index (χ4n) is 3.60. The van der Waals surface area contributed by atoms with Crippen LogP contribution in [0.2, 0.25) is 0 Å². The third-order valence-corrected chi connectivity index (χ3v) is 5.30. The molecule has 1 fully saturated rings. The van der Waals surface area contributed by atoms with Crippen molar-refractivity contribution in [2.75, 3.05) is 31.2 Å². The lowest BCUT2D eigenvalue weighted by Gasteiger charge is -2.27. The lowest BCUT2D eigenvalue weighted by molar-refractivity contribution is -0.130. The molecule has 1 saturated heterocycles. The molecular weight excluding hydrogens is 384 g/mol. The summed E-state index contributed by atoms with van der Waals surface area (Å²) < 4.78 is 11.4. The molecule has 30 heavy (non-hydrogen) atoms. The molecule has 2 N–H and O–H groups in total. The number of carbonyl (C=O) groups is 1. The third kappa shape index (κ3) is 4.08. The number of amides is 1. The van der Waals surface area contributed by atoms with E-state index in [2.05, 4.69) is 5.32 Å². The Hall–Kier alpha value is -3.16. The Morgan fingerprint density at radius 2 is 1.83 bits per heavy atom. The topological polar surface area (TPSA) is 92.0 Å². The lowest BCUT2D eigenvalue weighted by Crippen LogP contribution is -2.36. The minimum atomic E-state index is -1.47. The number of fused-ring (bicyclic) bond motifs is 1. The van der Waals surface area contributed by atoms with Gasteiger partial charge in [0, 0.05) is 24.7 Å². The molecule has 0 aliphatic carbocycles. The molecule has 0 radical (unpaired) electrons. The number of para-hydroxylation sites is 1. The van der Waals surface area contributed by atoms with Gasteiger partial charge in [-0.25, -0.2) is 0 Å². The number of rotatable bonds is 5. The summed E-state index contributed by atoms with van der Waals surface area (Å²) in [6, 6.07) is 15.5. The van der Waals surface area contributed by atoms with E-state index < -0.39 is 12.0 Å². The molecule has 2 heterocycles. The number of benzene rings is 2. The van der Waals surface area contributed by atoms with Crippen molar-refractivity contribution in [1.82, 2.24) is 5.32 Å². The summed E-state index contributed by atoms with van der Waals surface area (Å²) in [6.45, 7) is 4.15. The second-order valence-corrected chi connectivity index (χ2v) is 7.32. The van der Waals surface area contributed by atoms with Crippen LogP contribution in [0.3, 0.4) is 0 Å². The average Bonchev–Trinajstić information content (AvgIpc) is 2.79. The first-order valence-corrected chi connectivity index (χ1v) is 9.97. The molecule has 7 nitrogen and oxygen atoms in total. The standard InChI is InChI=1S/C23H24N2O5/c1-15(16-6-3-2-4-7-16)24-23(28)21(27)18-9-5-8-17-19(26)14-20(30-22(17)18)25-10-12-29-13-11-25/h2-9,14-15,21,27H,10-13H2,1H3,(H,24,28). The van der Waals surface area contributed by atoms with E-state index in [4.69, 9.17) is 9.15 Å². The van der Waals surface area contributed by atoms with Gasteiger partial charge in [0.25, 0.3) is 5.91 Å². The van der Waals surface area contributed by atoms with E-state index in [1.54, 1.807) is 18.2 Å². The summed E-state index contributed by atoms with van der Waals surface area (Å²) in [5.74, 6) is -0.146. The highest BCUT2D eigenvalue weighted by Gasteiger charge is 2.24. The Morgan fingerprint density at radius 1 is 1.10 bits per heavy atom. The van der Waals surface area contributed by atoms with Crippen molar-refractivity contribution in [3.05, 3.63) is 75.9 Å². The van der Waals surface area contributed by atoms with E-state index >= 15 is 0 Å². The molecular formula is C23H24N2O5. The first-order chi connectivity index (χ1) is 14.5. The van der Waals surface area contributed by atoms with Gasteiger partial charge < -0.3 is 24.5 Å². The first kappa shape index (κ1) is 20.1. The van der Waals surface area contributed by atoms with E-state index in [0.29, 0.717) is 37.6 Å². The maximum atomic E-state index is 12.7. The molecule has 0 spiro atoms. The summed E-state index contributed by atoms with van der Waals surface area (Å²) in [4.78, 5) is 27.3. The molecule has 7 heteroatoms. The molecule has 2 aromatic carbocycles. The predicted octanol–water partition coefficient (Wildman–Crippen LogP) is 2.54. The molecule has 2 unspecified atom stereocenters. The fourth-order valence-corrected chi connectivity index (χ4v) is 3.60. The first-order valence-electron chi connectivity index (χ1n) is 9.97. The number of ether oxygens (including phenoxy) is 1. The van der Waals surface area contributed by atoms with Gasteiger partial charge >= 0.3 is 0 Å². The van der Waals surface area contributed by atoms with E-state index in [-0.39, 0.29) is 22.6 Å². The minimum absolute atomic E-state index is 0.218. The van der Waals surface area contributed by atoms with Crippen molar-refractivity contribution in [2.24, 2.45) is 0 Å². The van der Waals surface area contributed by atoms with Crippen LogP contribution in [0.5, 0.6) is 0 Å². The summed E-state index contributed by atoms with van der Waals surface area (Å²) in [6.07, 6.45) is -1.47. The number of hydrogen-bond acceptors (Lipinski definition) is 6. The zero-order valence-corrected chi connectivity index (χ0v) is 16.7. The Bertz CT molecular complexity index is 1090. The zero-order valence-electron chi connectivity index (χ0n) is 16.7. The van der Waals surface area contributed by atoms with Crippen molar-refractivity contribution < 1.29 is 19.1 Å². The Labute approximate surface area is 173 Å². The van der Waals surface area contributed by atoms with Crippen LogP contribution in [-0.2, 0) is 9.53 Å². The smallest absolute Gasteiger partial charge is 0.254 e. The van der Waals surface area contributed by atoms with Crippen LogP contribution in [0.25, 0.3) is 11.0 Å². The van der Waals surface area contributed by atoms with Crippen LogP contribution >= 0.6 is 0 Å². The second-order valence-electron chi connectivity index (χ2n) is 7.32. The van der Waals surface area contributed by atoms with Crippen LogP contribution in [0.4, 0.5) is 5.88 Å². The quantitative estimate of drug-likeness (QED) is 0.674. The SMILES string of the molecule is CC(NC(=O)C(O)c1cccc2c(=O)cc(N3CCOCC3)oc12)c1ccccc1. The summed E-state index contributed by atoms with van der Waals surface area (Å²) in [7, 11) is 0. The maximum Gasteiger partial charge on any atom is 0.254 e. The normalized spacial score (nSPS) is 16.3. The van der Waals surface area contributed by atoms with Gasteiger partial charge in [-0.1, -0.05) is 42.5 Å². The van der Waals surface area contributed by atoms with Crippen LogP contribution in [0.15, 0.2) is 63.8 Å². The van der Waals surface area contributed by atoms with Gasteiger partial charge in [-0.3, -0.25) is 9.59 Å². The third-order valence-electron chi connectivity index (χ3n) is 5.30. The number of anilines is 1. The van der Waals surface area contributed by atoms with Crippen molar-refractivity contribution in [3.8, 4) is 0 Å². The highest BCUT2D eigenvalue weighted by atomic mass is 16.5. The maximum absolute atomic E-state index is 12.7. The number of nitrogens with zero attached hydrogens (tertiary/aromatic N) is 1. The second kappa shape index (κ2) is 8.69. The molecule has 4 rings (SSSR count). The molecule has 1 amide bonds. The van der Waals surface area contributed by atoms with Crippen molar-refractivity contribution >= 4 is 22.8 Å². The van der Waals surface area contributed by atoms with Gasteiger partial charge in [0.1, 0.15) is 5.58 Å². The molecule has 1 aliphatic heterocycles. The van der Waals surface area contributed by atoms with E-state index in [0.717, 1.165) is 5.56 Å². The van der Waals surface area contributed by atoms with Crippen LogP contribution in [0.1, 0.15) is 30.2 Å². The average molecular weight is 408 g/mol. The van der Waals surface area contributed by atoms with Gasteiger partial charge in [0.2, 0.25) is 0 Å². The van der Waals surface area contributed by atoms with Crippen molar-refractivity contribution in [2.45, 2.75) is 19.1 Å². The fraction of sp³-hybridized carbons (Fsp3) is 0.304. The highest BCUT2D eigenvalue weighted by Crippen LogP contribution is 2.27. The Balaban J connectivity index is 1.64. The largest absolute Gasteiger partial charge is 0.440 e. The number of carbonyl (C=O) groups excluding carboxylic acids is 1. The number of aliphatic hydroxyl groups excluding tert-OH is 1. The van der Waals surface area contributed by atoms with Crippen LogP contribution in [0, 0.1) is 0 Å². The molecule has 0 bridgehead atoms. The monoisotopic (exact) mass is 408 g/mol. The summed E-state index contributed by atoms with van der Waals surface area (Å²) in [5, 5.41) is 13.9. The number of aliphatic hydroxyl groups is 1. The van der Waals surface area contributed by atoms with Crippen LogP contribution in [-0.4, -0.2) is 37.3 Å². The van der Waals surface area contributed by atoms with Gasteiger partial charge in [-0.15, -0.1) is 0 Å². The Morgan fingerprint density at radius 3 is 2.57 bits per heavy atom. The molecule has 1 aromatic heterocycles. The number of morpholine rings is 1. The van der Waals surface area contributed by atoms with Crippen molar-refractivity contribution in [1.29, 1.82) is 0 Å². The molecule has 0 saturated carbocycles. The number of nitrogens with one attached hydrogen (secondary N) is 1. The van der Waals surface area contributed by atoms with Crippen molar-refractivity contribution in [3.63, 3.8) is 0 Å². The highest BCUT2D eigenvalue weighted by molar-refractivity contribution is 5.89. The minimum Gasteiger partial charge on any atom is -0.440 e. The number of hydrogen-bond donors (Lipinski definition) is 2. The summed E-state index contributed by atoms with van der Waals surface area (Å²) >= 11 is 0. The van der Waals surface area contributed by atoms with E-state index in [9.17, 15) is 14.7 Å². The zero-order chi connectivity index (χ0) is 21.1. The molecule has 2 atom stereocenters. The van der Waals surface area contributed by atoms with Gasteiger partial charge in [0.15, 0.2) is 17.4 Å². The molecule has 156 valence electrons. The summed E-state index contributed by atoms with van der Waals surface area (Å²) in [5.41, 5.74) is 1.20. The van der Waals surface area contributed by atoms with E-state index in [1.165, 1.54) is 6.07 Å². The van der Waals surface area contributed by atoms with Gasteiger partial charge in [0.05, 0.1) is 24.6 Å². The molecule has 3 aromatic rings. The van der Waals surface area contributed by atoms with E-state index in [1.807, 2.05) is 42.2 Å². The molecule has 1 aliphatic rings.